The molecule has 2 aromatic carbocycles. The highest BCUT2D eigenvalue weighted by Gasteiger charge is 2.11. The zero-order valence-electron chi connectivity index (χ0n) is 17.1. The second kappa shape index (κ2) is 12.5. The Labute approximate surface area is 190 Å². The van der Waals surface area contributed by atoms with Crippen LogP contribution < -0.4 is 20.1 Å². The number of benzene rings is 2. The van der Waals surface area contributed by atoms with E-state index in [0.29, 0.717) is 13.2 Å². The van der Waals surface area contributed by atoms with Gasteiger partial charge in [0.1, 0.15) is 11.5 Å². The number of aliphatic imine (C=N–C) groups is 1. The largest absolute Gasteiger partial charge is 0.493 e. The van der Waals surface area contributed by atoms with Gasteiger partial charge < -0.3 is 24.8 Å². The molecule has 0 aliphatic carbocycles. The summed E-state index contributed by atoms with van der Waals surface area (Å²) in [5.74, 6) is 2.59. The Morgan fingerprint density at radius 2 is 2.07 bits per heavy atom. The van der Waals surface area contributed by atoms with Crippen molar-refractivity contribution < 1.29 is 14.2 Å². The summed E-state index contributed by atoms with van der Waals surface area (Å²) in [5, 5.41) is 6.68. The first-order valence-electron chi connectivity index (χ1n) is 9.72. The Morgan fingerprint density at radius 1 is 1.17 bits per heavy atom. The minimum Gasteiger partial charge on any atom is -0.493 e. The number of rotatable bonds is 9. The van der Waals surface area contributed by atoms with E-state index in [1.165, 1.54) is 11.1 Å². The molecule has 6 nitrogen and oxygen atoms in total. The number of halogens is 1. The maximum absolute atomic E-state index is 5.75. The Bertz CT molecular complexity index is 799. The summed E-state index contributed by atoms with van der Waals surface area (Å²) >= 11 is 0. The van der Waals surface area contributed by atoms with Crippen LogP contribution in [0.3, 0.4) is 0 Å². The van der Waals surface area contributed by atoms with E-state index in [0.717, 1.165) is 55.6 Å². The van der Waals surface area contributed by atoms with Crippen LogP contribution in [-0.2, 0) is 17.6 Å². The van der Waals surface area contributed by atoms with E-state index >= 15 is 0 Å². The molecule has 0 radical (unpaired) electrons. The van der Waals surface area contributed by atoms with Crippen LogP contribution in [0.25, 0.3) is 0 Å². The van der Waals surface area contributed by atoms with Gasteiger partial charge in [-0.2, -0.15) is 0 Å². The molecule has 3 rings (SSSR count). The van der Waals surface area contributed by atoms with Crippen molar-refractivity contribution in [3.63, 3.8) is 0 Å². The van der Waals surface area contributed by atoms with Crippen LogP contribution in [0.2, 0.25) is 0 Å². The van der Waals surface area contributed by atoms with Crippen molar-refractivity contribution in [3.8, 4) is 11.5 Å². The average molecular weight is 511 g/mol. The number of methoxy groups -OCH3 is 1. The minimum absolute atomic E-state index is 0. The van der Waals surface area contributed by atoms with E-state index in [1.807, 2.05) is 24.3 Å². The summed E-state index contributed by atoms with van der Waals surface area (Å²) in [5.41, 5.74) is 3.55. The van der Waals surface area contributed by atoms with E-state index in [4.69, 9.17) is 14.2 Å². The number of fused-ring (bicyclic) bond motifs is 1. The smallest absolute Gasteiger partial charge is 0.195 e. The average Bonchev–Trinajstić information content (AvgIpc) is 3.19. The number of nitrogens with one attached hydrogen (secondary N) is 2. The number of anilines is 1. The Hall–Kier alpha value is -2.00. The van der Waals surface area contributed by atoms with Crippen molar-refractivity contribution in [3.05, 3.63) is 53.6 Å². The molecule has 0 unspecified atom stereocenters. The molecule has 2 N–H and O–H groups in total. The van der Waals surface area contributed by atoms with Crippen LogP contribution in [0.15, 0.2) is 47.5 Å². The van der Waals surface area contributed by atoms with E-state index in [2.05, 4.69) is 33.8 Å². The van der Waals surface area contributed by atoms with Crippen molar-refractivity contribution in [2.75, 3.05) is 45.8 Å². The zero-order valence-corrected chi connectivity index (χ0v) is 19.4. The van der Waals surface area contributed by atoms with Gasteiger partial charge in [-0.05, 0) is 35.7 Å². The standard InChI is InChI=1S/C22H29N3O3.HI/c1-23-22(24-11-9-17-7-8-21-18(15-17)10-14-28-21)25-19-5-3-6-20(16-19)27-13-4-12-26-2;/h3,5-8,15-16H,4,9-14H2,1-2H3,(H2,23,24,25);1H. The lowest BCUT2D eigenvalue weighted by molar-refractivity contribution is 0.172. The first-order chi connectivity index (χ1) is 13.8. The van der Waals surface area contributed by atoms with Crippen molar-refractivity contribution in [2.24, 2.45) is 4.99 Å². The third-order valence-corrected chi connectivity index (χ3v) is 4.54. The molecule has 7 heteroatoms. The summed E-state index contributed by atoms with van der Waals surface area (Å²) < 4.78 is 16.4. The molecule has 0 amide bonds. The molecule has 0 fully saturated rings. The lowest BCUT2D eigenvalue weighted by atomic mass is 10.1. The maximum Gasteiger partial charge on any atom is 0.195 e. The van der Waals surface area contributed by atoms with Crippen molar-refractivity contribution in [2.45, 2.75) is 19.3 Å². The maximum atomic E-state index is 5.75. The second-order valence-electron chi connectivity index (χ2n) is 6.64. The Morgan fingerprint density at radius 3 is 2.90 bits per heavy atom. The molecule has 1 heterocycles. The van der Waals surface area contributed by atoms with E-state index < -0.39 is 0 Å². The van der Waals surface area contributed by atoms with Crippen LogP contribution in [0.4, 0.5) is 5.69 Å². The number of hydrogen-bond acceptors (Lipinski definition) is 4. The molecule has 1 aliphatic heterocycles. The van der Waals surface area contributed by atoms with Gasteiger partial charge in [0.15, 0.2) is 5.96 Å². The zero-order chi connectivity index (χ0) is 19.6. The summed E-state index contributed by atoms with van der Waals surface area (Å²) in [6.07, 6.45) is 2.80. The number of hydrogen-bond donors (Lipinski definition) is 2. The molecule has 0 aromatic heterocycles. The quantitative estimate of drug-likeness (QED) is 0.232. The summed E-state index contributed by atoms with van der Waals surface area (Å²) in [6.45, 7) is 2.93. The van der Waals surface area contributed by atoms with E-state index in [9.17, 15) is 0 Å². The molecular formula is C22H30IN3O3. The third kappa shape index (κ3) is 7.40. The summed E-state index contributed by atoms with van der Waals surface area (Å²) in [4.78, 5) is 4.31. The van der Waals surface area contributed by atoms with Gasteiger partial charge in [-0.1, -0.05) is 18.2 Å². The monoisotopic (exact) mass is 511 g/mol. The third-order valence-electron chi connectivity index (χ3n) is 4.54. The highest BCUT2D eigenvalue weighted by atomic mass is 127. The van der Waals surface area contributed by atoms with Gasteiger partial charge in [0.25, 0.3) is 0 Å². The fraction of sp³-hybridized carbons (Fsp3) is 0.409. The van der Waals surface area contributed by atoms with Gasteiger partial charge in [0, 0.05) is 51.9 Å². The normalized spacial score (nSPS) is 12.6. The molecule has 0 atom stereocenters. The first-order valence-corrected chi connectivity index (χ1v) is 9.72. The summed E-state index contributed by atoms with van der Waals surface area (Å²) in [7, 11) is 3.47. The number of guanidine groups is 1. The van der Waals surface area contributed by atoms with Gasteiger partial charge in [-0.15, -0.1) is 24.0 Å². The van der Waals surface area contributed by atoms with Crippen LogP contribution in [0.1, 0.15) is 17.5 Å². The number of nitrogens with zero attached hydrogens (tertiary/aromatic N) is 1. The van der Waals surface area contributed by atoms with Crippen LogP contribution >= 0.6 is 24.0 Å². The second-order valence-corrected chi connectivity index (χ2v) is 6.64. The molecule has 158 valence electrons. The van der Waals surface area contributed by atoms with Gasteiger partial charge in [-0.25, -0.2) is 0 Å². The predicted molar refractivity (Wildman–Crippen MR) is 128 cm³/mol. The Kier molecular flexibility index (Phi) is 10.1. The lowest BCUT2D eigenvalue weighted by Gasteiger charge is -2.13. The van der Waals surface area contributed by atoms with Crippen LogP contribution in [0, 0.1) is 0 Å². The highest BCUT2D eigenvalue weighted by Crippen LogP contribution is 2.25. The van der Waals surface area contributed by atoms with Crippen molar-refractivity contribution in [1.29, 1.82) is 0 Å². The van der Waals surface area contributed by atoms with Gasteiger partial charge in [0.05, 0.1) is 13.2 Å². The Balaban J connectivity index is 0.00000300. The molecule has 29 heavy (non-hydrogen) atoms. The molecule has 0 bridgehead atoms. The highest BCUT2D eigenvalue weighted by molar-refractivity contribution is 14.0. The van der Waals surface area contributed by atoms with E-state index in [1.54, 1.807) is 14.2 Å². The minimum atomic E-state index is 0. The summed E-state index contributed by atoms with van der Waals surface area (Å²) in [6, 6.07) is 14.3. The van der Waals surface area contributed by atoms with Crippen molar-refractivity contribution in [1.82, 2.24) is 5.32 Å². The predicted octanol–water partition coefficient (Wildman–Crippen LogP) is 3.88. The number of ether oxygens (including phenoxy) is 3. The molecule has 2 aromatic rings. The van der Waals surface area contributed by atoms with Crippen molar-refractivity contribution >= 4 is 35.6 Å². The SMILES string of the molecule is CN=C(NCCc1ccc2c(c1)CCO2)Nc1cccc(OCCCOC)c1.I. The molecule has 0 spiro atoms. The topological polar surface area (TPSA) is 64.1 Å². The van der Waals surface area contributed by atoms with Gasteiger partial charge >= 0.3 is 0 Å². The molecule has 1 aliphatic rings. The molecule has 0 saturated heterocycles. The van der Waals surface area contributed by atoms with Gasteiger partial charge in [0.2, 0.25) is 0 Å². The van der Waals surface area contributed by atoms with Crippen LogP contribution in [-0.4, -0.2) is 46.5 Å². The molecular weight excluding hydrogens is 481 g/mol. The fourth-order valence-electron chi connectivity index (χ4n) is 3.09. The van der Waals surface area contributed by atoms with Crippen LogP contribution in [0.5, 0.6) is 11.5 Å². The first kappa shape index (κ1) is 23.3. The van der Waals surface area contributed by atoms with Gasteiger partial charge in [-0.3, -0.25) is 4.99 Å². The molecule has 0 saturated carbocycles. The lowest BCUT2D eigenvalue weighted by Crippen LogP contribution is -2.32. The fourth-order valence-corrected chi connectivity index (χ4v) is 3.09. The van der Waals surface area contributed by atoms with E-state index in [-0.39, 0.29) is 24.0 Å².